The van der Waals surface area contributed by atoms with Crippen LogP contribution < -0.4 is 0 Å². The molecule has 1 aliphatic carbocycles. The number of esters is 1. The van der Waals surface area contributed by atoms with E-state index < -0.39 is 0 Å². The average Bonchev–Trinajstić information content (AvgIpc) is 3.07. The minimum atomic E-state index is -0.166. The van der Waals surface area contributed by atoms with Crippen LogP contribution in [0.25, 0.3) is 0 Å². The van der Waals surface area contributed by atoms with E-state index in [2.05, 4.69) is 9.97 Å². The molecule has 5 heteroatoms. The molecule has 1 aliphatic rings. The molecule has 0 saturated heterocycles. The molecular formula is C12H16N2O2S. The van der Waals surface area contributed by atoms with Crippen LogP contribution in [0.1, 0.15) is 24.2 Å². The molecule has 1 unspecified atom stereocenters. The van der Waals surface area contributed by atoms with Gasteiger partial charge in [0.25, 0.3) is 0 Å². The van der Waals surface area contributed by atoms with E-state index in [4.69, 9.17) is 4.74 Å². The topological polar surface area (TPSA) is 52.1 Å². The van der Waals surface area contributed by atoms with Crippen LogP contribution in [0.15, 0.2) is 11.2 Å². The smallest absolute Gasteiger partial charge is 0.319 e. The van der Waals surface area contributed by atoms with Crippen molar-refractivity contribution in [1.29, 1.82) is 0 Å². The molecule has 0 radical (unpaired) electrons. The summed E-state index contributed by atoms with van der Waals surface area (Å²) in [6.45, 7) is 3.87. The molecule has 1 atom stereocenters. The third-order valence-electron chi connectivity index (χ3n) is 2.68. The van der Waals surface area contributed by atoms with Crippen molar-refractivity contribution in [3.05, 3.63) is 17.5 Å². The first-order chi connectivity index (χ1) is 8.10. The Morgan fingerprint density at radius 1 is 1.41 bits per heavy atom. The number of carbonyl (C=O) groups excluding carboxylic acids is 1. The fourth-order valence-electron chi connectivity index (χ4n) is 1.71. The minimum Gasteiger partial charge on any atom is -0.468 e. The highest BCUT2D eigenvalue weighted by Gasteiger charge is 2.38. The maximum absolute atomic E-state index is 11.7. The Morgan fingerprint density at radius 3 is 2.47 bits per heavy atom. The monoisotopic (exact) mass is 252 g/mol. The second-order valence-electron chi connectivity index (χ2n) is 4.33. The Bertz CT molecular complexity index is 412. The highest BCUT2D eigenvalue weighted by atomic mass is 32.2. The minimum absolute atomic E-state index is 0.152. The summed E-state index contributed by atoms with van der Waals surface area (Å²) in [5.74, 6) is 0.261. The van der Waals surface area contributed by atoms with Crippen molar-refractivity contribution in [2.45, 2.75) is 37.1 Å². The standard InChI is InChI=1S/C12H16N2O2S/c1-7-6-8(2)14-12(13-7)17-10(9-4-5-9)11(15)16-3/h6,9-10H,4-5H2,1-3H3. The van der Waals surface area contributed by atoms with Gasteiger partial charge in [-0.1, -0.05) is 11.8 Å². The summed E-state index contributed by atoms with van der Waals surface area (Å²) in [5.41, 5.74) is 1.86. The average molecular weight is 252 g/mol. The van der Waals surface area contributed by atoms with Gasteiger partial charge in [-0.15, -0.1) is 0 Å². The second kappa shape index (κ2) is 5.04. The Morgan fingerprint density at radius 2 is 2.00 bits per heavy atom. The molecule has 17 heavy (non-hydrogen) atoms. The van der Waals surface area contributed by atoms with Gasteiger partial charge in [-0.3, -0.25) is 4.79 Å². The lowest BCUT2D eigenvalue weighted by molar-refractivity contribution is -0.140. The highest BCUT2D eigenvalue weighted by molar-refractivity contribution is 8.00. The van der Waals surface area contributed by atoms with Gasteiger partial charge >= 0.3 is 5.97 Å². The Hall–Kier alpha value is -1.10. The highest BCUT2D eigenvalue weighted by Crippen LogP contribution is 2.41. The van der Waals surface area contributed by atoms with E-state index in [1.807, 2.05) is 19.9 Å². The predicted molar refractivity (Wildman–Crippen MR) is 65.9 cm³/mol. The second-order valence-corrected chi connectivity index (χ2v) is 5.44. The van der Waals surface area contributed by atoms with E-state index in [1.165, 1.54) is 18.9 Å². The Balaban J connectivity index is 2.14. The lowest BCUT2D eigenvalue weighted by Crippen LogP contribution is -2.21. The zero-order valence-electron chi connectivity index (χ0n) is 10.3. The van der Waals surface area contributed by atoms with Gasteiger partial charge < -0.3 is 4.74 Å². The van der Waals surface area contributed by atoms with Gasteiger partial charge in [0.2, 0.25) is 0 Å². The molecule has 92 valence electrons. The Labute approximate surface area is 105 Å². The van der Waals surface area contributed by atoms with E-state index in [1.54, 1.807) is 0 Å². The van der Waals surface area contributed by atoms with Gasteiger partial charge in [0.05, 0.1) is 7.11 Å². The van der Waals surface area contributed by atoms with Crippen molar-refractivity contribution in [3.63, 3.8) is 0 Å². The maximum atomic E-state index is 11.7. The number of aryl methyl sites for hydroxylation is 2. The third kappa shape index (κ3) is 3.19. The fourth-order valence-corrected chi connectivity index (χ4v) is 2.99. The van der Waals surface area contributed by atoms with Crippen molar-refractivity contribution in [1.82, 2.24) is 9.97 Å². The quantitative estimate of drug-likeness (QED) is 0.467. The lowest BCUT2D eigenvalue weighted by atomic mass is 10.3. The molecular weight excluding hydrogens is 236 g/mol. The molecule has 0 spiro atoms. The number of carbonyl (C=O) groups is 1. The first-order valence-corrected chi connectivity index (χ1v) is 6.55. The van der Waals surface area contributed by atoms with Gasteiger partial charge in [-0.25, -0.2) is 9.97 Å². The molecule has 0 amide bonds. The molecule has 1 aromatic heterocycles. The number of hydrogen-bond donors (Lipinski definition) is 0. The van der Waals surface area contributed by atoms with Gasteiger partial charge in [-0.05, 0) is 38.7 Å². The molecule has 2 rings (SSSR count). The molecule has 1 heterocycles. The van der Waals surface area contributed by atoms with Crippen LogP contribution in [0.5, 0.6) is 0 Å². The van der Waals surface area contributed by atoms with Crippen molar-refractivity contribution < 1.29 is 9.53 Å². The molecule has 1 aromatic rings. The molecule has 0 aromatic carbocycles. The summed E-state index contributed by atoms with van der Waals surface area (Å²) in [5, 5.41) is 0.519. The summed E-state index contributed by atoms with van der Waals surface area (Å²) < 4.78 is 4.83. The van der Waals surface area contributed by atoms with E-state index >= 15 is 0 Å². The van der Waals surface area contributed by atoms with Crippen LogP contribution in [0.4, 0.5) is 0 Å². The van der Waals surface area contributed by atoms with E-state index in [9.17, 15) is 4.79 Å². The normalized spacial score (nSPS) is 16.6. The molecule has 1 saturated carbocycles. The number of thioether (sulfide) groups is 1. The summed E-state index contributed by atoms with van der Waals surface area (Å²) in [6.07, 6.45) is 2.19. The maximum Gasteiger partial charge on any atom is 0.319 e. The molecule has 0 bridgehead atoms. The van der Waals surface area contributed by atoms with Crippen molar-refractivity contribution in [2.24, 2.45) is 5.92 Å². The van der Waals surface area contributed by atoms with Crippen LogP contribution >= 0.6 is 11.8 Å². The van der Waals surface area contributed by atoms with E-state index in [0.717, 1.165) is 24.2 Å². The number of methoxy groups -OCH3 is 1. The third-order valence-corrected chi connectivity index (χ3v) is 3.90. The van der Waals surface area contributed by atoms with Gasteiger partial charge in [-0.2, -0.15) is 0 Å². The van der Waals surface area contributed by atoms with Crippen LogP contribution in [0, 0.1) is 19.8 Å². The summed E-state index contributed by atoms with van der Waals surface area (Å²) in [6, 6.07) is 1.92. The first-order valence-electron chi connectivity index (χ1n) is 5.67. The molecule has 4 nitrogen and oxygen atoms in total. The predicted octanol–water partition coefficient (Wildman–Crippen LogP) is 2.14. The zero-order valence-corrected chi connectivity index (χ0v) is 11.1. The van der Waals surface area contributed by atoms with Gasteiger partial charge in [0, 0.05) is 11.4 Å². The van der Waals surface area contributed by atoms with Crippen molar-refractivity contribution in [2.75, 3.05) is 7.11 Å². The van der Waals surface area contributed by atoms with Crippen molar-refractivity contribution >= 4 is 17.7 Å². The van der Waals surface area contributed by atoms with Crippen LogP contribution in [-0.2, 0) is 9.53 Å². The van der Waals surface area contributed by atoms with E-state index in [-0.39, 0.29) is 11.2 Å². The number of rotatable bonds is 4. The van der Waals surface area contributed by atoms with Crippen LogP contribution in [0.3, 0.4) is 0 Å². The lowest BCUT2D eigenvalue weighted by Gasteiger charge is -2.12. The van der Waals surface area contributed by atoms with Crippen molar-refractivity contribution in [3.8, 4) is 0 Å². The van der Waals surface area contributed by atoms with Gasteiger partial charge in [0.15, 0.2) is 5.16 Å². The molecule has 0 aliphatic heterocycles. The van der Waals surface area contributed by atoms with E-state index in [0.29, 0.717) is 11.1 Å². The SMILES string of the molecule is COC(=O)C(Sc1nc(C)cc(C)n1)C1CC1. The van der Waals surface area contributed by atoms with Crippen LogP contribution in [-0.4, -0.2) is 28.3 Å². The fraction of sp³-hybridized carbons (Fsp3) is 0.583. The summed E-state index contributed by atoms with van der Waals surface area (Å²) >= 11 is 1.42. The number of ether oxygens (including phenoxy) is 1. The molecule has 0 N–H and O–H groups in total. The number of aromatic nitrogens is 2. The zero-order chi connectivity index (χ0) is 12.4. The number of hydrogen-bond acceptors (Lipinski definition) is 5. The summed E-state index contributed by atoms with van der Waals surface area (Å²) in [7, 11) is 1.43. The van der Waals surface area contributed by atoms with Crippen LogP contribution in [0.2, 0.25) is 0 Å². The molecule has 1 fully saturated rings. The largest absolute Gasteiger partial charge is 0.468 e. The van der Waals surface area contributed by atoms with Gasteiger partial charge in [0.1, 0.15) is 5.25 Å². The first kappa shape index (κ1) is 12.4. The number of nitrogens with zero attached hydrogens (tertiary/aromatic N) is 2. The Kier molecular flexibility index (Phi) is 3.66. The summed E-state index contributed by atoms with van der Waals surface area (Å²) in [4.78, 5) is 20.4.